The van der Waals surface area contributed by atoms with Gasteiger partial charge in [-0.25, -0.2) is 0 Å². The van der Waals surface area contributed by atoms with Crippen molar-refractivity contribution in [2.24, 2.45) is 0 Å². The molecule has 118 valence electrons. The number of carbonyl (C=O) groups is 1. The number of carbonyl (C=O) groups excluding carboxylic acids is 1. The minimum absolute atomic E-state index is 0.0739. The molecule has 1 aromatic rings. The third-order valence-electron chi connectivity index (χ3n) is 3.50. The predicted molar refractivity (Wildman–Crippen MR) is 77.3 cm³/mol. The summed E-state index contributed by atoms with van der Waals surface area (Å²) in [5.41, 5.74) is -0.540. The maximum atomic E-state index is 12.8. The van der Waals surface area contributed by atoms with Crippen LogP contribution in [0.3, 0.4) is 0 Å². The van der Waals surface area contributed by atoms with E-state index < -0.39 is 17.6 Å². The van der Waals surface area contributed by atoms with E-state index in [4.69, 9.17) is 0 Å². The second-order valence-electron chi connectivity index (χ2n) is 4.98. The molecule has 1 amide bonds. The van der Waals surface area contributed by atoms with Gasteiger partial charge >= 0.3 is 6.18 Å². The fourth-order valence-electron chi connectivity index (χ4n) is 2.41. The molecule has 21 heavy (non-hydrogen) atoms. The summed E-state index contributed by atoms with van der Waals surface area (Å²) in [4.78, 5) is 11.9. The molecule has 0 spiro atoms. The van der Waals surface area contributed by atoms with Crippen molar-refractivity contribution in [2.45, 2.75) is 58.7 Å². The summed E-state index contributed by atoms with van der Waals surface area (Å²) in [6.45, 7) is 5.39. The highest BCUT2D eigenvalue weighted by Crippen LogP contribution is 2.32. The first-order chi connectivity index (χ1) is 9.88. The first-order valence-corrected chi connectivity index (χ1v) is 7.36. The Kier molecular flexibility index (Phi) is 6.24. The average Bonchev–Trinajstić information content (AvgIpc) is 2.93. The van der Waals surface area contributed by atoms with Crippen LogP contribution < -0.4 is 5.32 Å². The maximum Gasteiger partial charge on any atom is 0.416 e. The molecule has 0 aliphatic heterocycles. The average molecular weight is 301 g/mol. The van der Waals surface area contributed by atoms with Gasteiger partial charge in [0.15, 0.2) is 0 Å². The van der Waals surface area contributed by atoms with Gasteiger partial charge in [0.25, 0.3) is 5.91 Å². The van der Waals surface area contributed by atoms with Crippen LogP contribution in [0.5, 0.6) is 0 Å². The van der Waals surface area contributed by atoms with E-state index in [9.17, 15) is 18.0 Å². The van der Waals surface area contributed by atoms with E-state index in [0.29, 0.717) is 0 Å². The molecule has 1 aliphatic carbocycles. The van der Waals surface area contributed by atoms with Gasteiger partial charge < -0.3 is 5.32 Å². The molecular formula is C16H22F3NO. The van der Waals surface area contributed by atoms with Gasteiger partial charge in [-0.1, -0.05) is 32.8 Å². The Labute approximate surface area is 123 Å². The summed E-state index contributed by atoms with van der Waals surface area (Å²) in [5, 5.41) is 2.79. The van der Waals surface area contributed by atoms with Crippen LogP contribution >= 0.6 is 0 Å². The van der Waals surface area contributed by atoms with Crippen LogP contribution in [0.4, 0.5) is 13.2 Å². The molecule has 0 heterocycles. The summed E-state index contributed by atoms with van der Waals surface area (Å²) in [5.74, 6) is -0.419. The third kappa shape index (κ3) is 4.76. The third-order valence-corrected chi connectivity index (χ3v) is 3.50. The molecule has 0 aromatic heterocycles. The van der Waals surface area contributed by atoms with Gasteiger partial charge in [-0.3, -0.25) is 4.79 Å². The number of nitrogens with one attached hydrogen (secondary N) is 1. The molecule has 2 nitrogen and oxygen atoms in total. The van der Waals surface area contributed by atoms with Gasteiger partial charge in [-0.2, -0.15) is 13.2 Å². The quantitative estimate of drug-likeness (QED) is 0.842. The molecule has 0 unspecified atom stereocenters. The monoisotopic (exact) mass is 301 g/mol. The number of benzene rings is 1. The standard InChI is InChI=1S/C14H16F3NO.C2H6/c1-9-6-7-10(8-12(9)14(15,16)17)13(19)18-11-4-2-3-5-11;1-2/h6-8,11H,2-5H2,1H3,(H,18,19);1-2H3. The molecule has 1 fully saturated rings. The second-order valence-corrected chi connectivity index (χ2v) is 4.98. The zero-order chi connectivity index (χ0) is 16.0. The van der Waals surface area contributed by atoms with E-state index in [2.05, 4.69) is 5.32 Å². The van der Waals surface area contributed by atoms with Gasteiger partial charge in [0.05, 0.1) is 5.56 Å². The van der Waals surface area contributed by atoms with Crippen LogP contribution in [-0.2, 0) is 6.18 Å². The van der Waals surface area contributed by atoms with Crippen LogP contribution in [0, 0.1) is 6.92 Å². The lowest BCUT2D eigenvalue weighted by Crippen LogP contribution is -2.32. The topological polar surface area (TPSA) is 29.1 Å². The van der Waals surface area contributed by atoms with E-state index in [0.717, 1.165) is 31.7 Å². The van der Waals surface area contributed by atoms with Crippen molar-refractivity contribution >= 4 is 5.91 Å². The first-order valence-electron chi connectivity index (χ1n) is 7.36. The second kappa shape index (κ2) is 7.48. The summed E-state index contributed by atoms with van der Waals surface area (Å²) in [6, 6.07) is 3.81. The van der Waals surface area contributed by atoms with Crippen LogP contribution in [-0.4, -0.2) is 11.9 Å². The smallest absolute Gasteiger partial charge is 0.349 e. The first kappa shape index (κ1) is 17.5. The van der Waals surface area contributed by atoms with Crippen molar-refractivity contribution < 1.29 is 18.0 Å². The predicted octanol–water partition coefficient (Wildman–Crippen LogP) is 4.71. The maximum absolute atomic E-state index is 12.8. The van der Waals surface area contributed by atoms with Crippen molar-refractivity contribution in [1.82, 2.24) is 5.32 Å². The Bertz CT molecular complexity index is 477. The number of hydrogen-bond acceptors (Lipinski definition) is 1. The Morgan fingerprint density at radius 3 is 2.29 bits per heavy atom. The lowest BCUT2D eigenvalue weighted by molar-refractivity contribution is -0.138. The highest BCUT2D eigenvalue weighted by atomic mass is 19.4. The normalized spacial score (nSPS) is 15.3. The molecular weight excluding hydrogens is 279 g/mol. The fourth-order valence-corrected chi connectivity index (χ4v) is 2.41. The number of aryl methyl sites for hydroxylation is 1. The minimum atomic E-state index is -4.42. The zero-order valence-electron chi connectivity index (χ0n) is 12.7. The summed E-state index contributed by atoms with van der Waals surface area (Å²) in [7, 11) is 0. The lowest BCUT2D eigenvalue weighted by Gasteiger charge is -2.14. The Morgan fingerprint density at radius 1 is 1.19 bits per heavy atom. The Hall–Kier alpha value is -1.52. The number of halogens is 3. The molecule has 2 rings (SSSR count). The summed E-state index contributed by atoms with van der Waals surface area (Å²) in [6.07, 6.45) is -0.486. The Morgan fingerprint density at radius 2 is 1.76 bits per heavy atom. The molecule has 0 saturated heterocycles. The van der Waals surface area contributed by atoms with E-state index in [-0.39, 0.29) is 17.2 Å². The highest BCUT2D eigenvalue weighted by molar-refractivity contribution is 5.94. The molecule has 1 aromatic carbocycles. The van der Waals surface area contributed by atoms with Gasteiger partial charge in [-0.15, -0.1) is 0 Å². The molecule has 0 bridgehead atoms. The molecule has 1 aliphatic rings. The van der Waals surface area contributed by atoms with Crippen molar-refractivity contribution in [3.05, 3.63) is 34.9 Å². The van der Waals surface area contributed by atoms with E-state index in [1.54, 1.807) is 0 Å². The van der Waals surface area contributed by atoms with Gasteiger partial charge in [-0.05, 0) is 37.5 Å². The van der Waals surface area contributed by atoms with E-state index in [1.165, 1.54) is 19.1 Å². The number of alkyl halides is 3. The SMILES string of the molecule is CC.Cc1ccc(C(=O)NC2CCCC2)cc1C(F)(F)F. The van der Waals surface area contributed by atoms with Crippen LogP contribution in [0.15, 0.2) is 18.2 Å². The summed E-state index contributed by atoms with van der Waals surface area (Å²) >= 11 is 0. The van der Waals surface area contributed by atoms with Crippen molar-refractivity contribution in [3.63, 3.8) is 0 Å². The highest BCUT2D eigenvalue weighted by Gasteiger charge is 2.33. The van der Waals surface area contributed by atoms with Gasteiger partial charge in [0, 0.05) is 11.6 Å². The number of hydrogen-bond donors (Lipinski definition) is 1. The molecule has 0 radical (unpaired) electrons. The van der Waals surface area contributed by atoms with Crippen molar-refractivity contribution in [2.75, 3.05) is 0 Å². The molecule has 0 atom stereocenters. The van der Waals surface area contributed by atoms with Crippen LogP contribution in [0.2, 0.25) is 0 Å². The number of rotatable bonds is 2. The zero-order valence-corrected chi connectivity index (χ0v) is 12.7. The Balaban J connectivity index is 0.00000106. The van der Waals surface area contributed by atoms with Gasteiger partial charge in [0.2, 0.25) is 0 Å². The fraction of sp³-hybridized carbons (Fsp3) is 0.562. The van der Waals surface area contributed by atoms with Crippen molar-refractivity contribution in [3.8, 4) is 0 Å². The van der Waals surface area contributed by atoms with Gasteiger partial charge in [0.1, 0.15) is 0 Å². The van der Waals surface area contributed by atoms with E-state index in [1.807, 2.05) is 13.8 Å². The lowest BCUT2D eigenvalue weighted by atomic mass is 10.0. The molecule has 5 heteroatoms. The number of amides is 1. The summed E-state index contributed by atoms with van der Waals surface area (Å²) < 4.78 is 38.3. The van der Waals surface area contributed by atoms with Crippen LogP contribution in [0.1, 0.15) is 61.0 Å². The minimum Gasteiger partial charge on any atom is -0.349 e. The molecule has 1 saturated carbocycles. The molecule has 1 N–H and O–H groups in total. The van der Waals surface area contributed by atoms with Crippen molar-refractivity contribution in [1.29, 1.82) is 0 Å². The largest absolute Gasteiger partial charge is 0.416 e. The van der Waals surface area contributed by atoms with E-state index >= 15 is 0 Å². The van der Waals surface area contributed by atoms with Crippen LogP contribution in [0.25, 0.3) is 0 Å².